The predicted octanol–water partition coefficient (Wildman–Crippen LogP) is 3.72. The van der Waals surface area contributed by atoms with Crippen molar-refractivity contribution in [3.8, 4) is 5.75 Å². The number of rotatable bonds is 7. The van der Waals surface area contributed by atoms with Crippen LogP contribution in [0.5, 0.6) is 5.75 Å². The molecule has 1 N–H and O–H groups in total. The number of nitrogens with one attached hydrogen (secondary N) is 1. The van der Waals surface area contributed by atoms with Gasteiger partial charge in [0.15, 0.2) is 0 Å². The summed E-state index contributed by atoms with van der Waals surface area (Å²) in [4.78, 5) is 0. The molecule has 0 saturated carbocycles. The van der Waals surface area contributed by atoms with Crippen molar-refractivity contribution in [1.29, 1.82) is 0 Å². The van der Waals surface area contributed by atoms with Crippen LogP contribution in [0.2, 0.25) is 0 Å². The molecule has 0 saturated heterocycles. The quantitative estimate of drug-likeness (QED) is 0.766. The molecule has 0 aliphatic heterocycles. The fraction of sp³-hybridized carbons (Fsp3) is 0.571. The summed E-state index contributed by atoms with van der Waals surface area (Å²) in [7, 11) is 0. The van der Waals surface area contributed by atoms with Gasteiger partial charge in [-0.05, 0) is 37.1 Å². The summed E-state index contributed by atoms with van der Waals surface area (Å²) in [6, 6.07) is 4.94. The molecule has 2 nitrogen and oxygen atoms in total. The number of halogens is 3. The Bertz CT molecular complexity index is 377. The first kappa shape index (κ1) is 15.8. The van der Waals surface area contributed by atoms with E-state index in [1.54, 1.807) is 0 Å². The third-order valence-electron chi connectivity index (χ3n) is 2.61. The number of ether oxygens (including phenoxy) is 1. The lowest BCUT2D eigenvalue weighted by Gasteiger charge is -2.11. The van der Waals surface area contributed by atoms with Crippen molar-refractivity contribution in [2.75, 3.05) is 19.7 Å². The second-order valence-electron chi connectivity index (χ2n) is 4.81. The zero-order chi connectivity index (χ0) is 14.3. The first-order valence-electron chi connectivity index (χ1n) is 6.40. The molecule has 0 fully saturated rings. The Morgan fingerprint density at radius 1 is 1.21 bits per heavy atom. The highest BCUT2D eigenvalue weighted by Crippen LogP contribution is 2.31. The van der Waals surface area contributed by atoms with Gasteiger partial charge >= 0.3 is 6.18 Å². The molecule has 0 heterocycles. The molecule has 5 heteroatoms. The van der Waals surface area contributed by atoms with E-state index in [2.05, 4.69) is 19.2 Å². The summed E-state index contributed by atoms with van der Waals surface area (Å²) in [5, 5.41) is 3.18. The molecule has 1 rings (SSSR count). The van der Waals surface area contributed by atoms with Crippen LogP contribution in [0.25, 0.3) is 0 Å². The Kier molecular flexibility index (Phi) is 6.15. The van der Waals surface area contributed by atoms with Crippen molar-refractivity contribution >= 4 is 0 Å². The molecule has 0 aliphatic carbocycles. The minimum atomic E-state index is -4.32. The van der Waals surface area contributed by atoms with E-state index < -0.39 is 11.7 Å². The van der Waals surface area contributed by atoms with Gasteiger partial charge in [0.2, 0.25) is 0 Å². The summed E-state index contributed by atoms with van der Waals surface area (Å²) in [5.41, 5.74) is -0.683. The zero-order valence-corrected chi connectivity index (χ0v) is 11.3. The second kappa shape index (κ2) is 7.38. The largest absolute Gasteiger partial charge is 0.492 e. The summed E-state index contributed by atoms with van der Waals surface area (Å²) < 4.78 is 42.7. The smallest absolute Gasteiger partial charge is 0.416 e. The molecule has 1 aromatic carbocycles. The van der Waals surface area contributed by atoms with Gasteiger partial charge in [-0.15, -0.1) is 0 Å². The highest BCUT2D eigenvalue weighted by atomic mass is 19.4. The SMILES string of the molecule is CC(C)CCNCCOc1cccc(C(F)(F)F)c1. The Morgan fingerprint density at radius 2 is 1.95 bits per heavy atom. The van der Waals surface area contributed by atoms with Crippen LogP contribution in [0.1, 0.15) is 25.8 Å². The van der Waals surface area contributed by atoms with Gasteiger partial charge < -0.3 is 10.1 Å². The summed E-state index contributed by atoms with van der Waals surface area (Å²) in [5.74, 6) is 0.886. The fourth-order valence-electron chi connectivity index (χ4n) is 1.52. The second-order valence-corrected chi connectivity index (χ2v) is 4.81. The number of alkyl halides is 3. The minimum absolute atomic E-state index is 0.250. The average molecular weight is 275 g/mol. The van der Waals surface area contributed by atoms with E-state index >= 15 is 0 Å². The van der Waals surface area contributed by atoms with Gasteiger partial charge in [-0.2, -0.15) is 13.2 Å². The van der Waals surface area contributed by atoms with Crippen molar-refractivity contribution < 1.29 is 17.9 Å². The van der Waals surface area contributed by atoms with Crippen LogP contribution < -0.4 is 10.1 Å². The van der Waals surface area contributed by atoms with Gasteiger partial charge in [-0.1, -0.05) is 19.9 Å². The van der Waals surface area contributed by atoms with Gasteiger partial charge in [0, 0.05) is 6.54 Å². The molecule has 0 amide bonds. The van der Waals surface area contributed by atoms with Gasteiger partial charge in [-0.3, -0.25) is 0 Å². The van der Waals surface area contributed by atoms with E-state index in [0.717, 1.165) is 25.1 Å². The van der Waals surface area contributed by atoms with Crippen molar-refractivity contribution in [2.24, 2.45) is 5.92 Å². The van der Waals surface area contributed by atoms with Gasteiger partial charge in [-0.25, -0.2) is 0 Å². The molecule has 0 bridgehead atoms. The van der Waals surface area contributed by atoms with Crippen molar-refractivity contribution in [2.45, 2.75) is 26.4 Å². The van der Waals surface area contributed by atoms with Crippen molar-refractivity contribution in [3.63, 3.8) is 0 Å². The molecular weight excluding hydrogens is 255 g/mol. The Morgan fingerprint density at radius 3 is 2.58 bits per heavy atom. The highest BCUT2D eigenvalue weighted by molar-refractivity contribution is 5.30. The first-order chi connectivity index (χ1) is 8.89. The minimum Gasteiger partial charge on any atom is -0.492 e. The van der Waals surface area contributed by atoms with Crippen molar-refractivity contribution in [1.82, 2.24) is 5.32 Å². The van der Waals surface area contributed by atoms with Crippen LogP contribution in [0.4, 0.5) is 13.2 Å². The van der Waals surface area contributed by atoms with E-state index in [1.807, 2.05) is 0 Å². The molecule has 0 unspecified atom stereocenters. The van der Waals surface area contributed by atoms with E-state index in [-0.39, 0.29) is 5.75 Å². The number of hydrogen-bond acceptors (Lipinski definition) is 2. The average Bonchev–Trinajstić information content (AvgIpc) is 2.32. The van der Waals surface area contributed by atoms with Crippen LogP contribution in [-0.2, 0) is 6.18 Å². The first-order valence-corrected chi connectivity index (χ1v) is 6.40. The predicted molar refractivity (Wildman–Crippen MR) is 69.3 cm³/mol. The summed E-state index contributed by atoms with van der Waals surface area (Å²) in [6.07, 6.45) is -3.25. The van der Waals surface area contributed by atoms with Gasteiger partial charge in [0.25, 0.3) is 0 Å². The number of benzene rings is 1. The van der Waals surface area contributed by atoms with E-state index in [9.17, 15) is 13.2 Å². The maximum Gasteiger partial charge on any atom is 0.416 e. The molecule has 108 valence electrons. The lowest BCUT2D eigenvalue weighted by atomic mass is 10.1. The van der Waals surface area contributed by atoms with E-state index in [4.69, 9.17) is 4.74 Å². The lowest BCUT2D eigenvalue weighted by molar-refractivity contribution is -0.137. The van der Waals surface area contributed by atoms with Crippen LogP contribution in [0.3, 0.4) is 0 Å². The van der Waals surface area contributed by atoms with E-state index in [0.29, 0.717) is 19.1 Å². The normalized spacial score (nSPS) is 11.9. The molecule has 19 heavy (non-hydrogen) atoms. The third-order valence-corrected chi connectivity index (χ3v) is 2.61. The Labute approximate surface area is 112 Å². The van der Waals surface area contributed by atoms with Crippen LogP contribution in [-0.4, -0.2) is 19.7 Å². The molecular formula is C14H20F3NO. The van der Waals surface area contributed by atoms with Crippen LogP contribution >= 0.6 is 0 Å². The van der Waals surface area contributed by atoms with Gasteiger partial charge in [0.05, 0.1) is 5.56 Å². The maximum atomic E-state index is 12.5. The fourth-order valence-corrected chi connectivity index (χ4v) is 1.52. The monoisotopic (exact) mass is 275 g/mol. The molecule has 0 aromatic heterocycles. The standard InChI is InChI=1S/C14H20F3NO/c1-11(2)6-7-18-8-9-19-13-5-3-4-12(10-13)14(15,16)17/h3-5,10-11,18H,6-9H2,1-2H3. The molecule has 0 aliphatic rings. The van der Waals surface area contributed by atoms with E-state index in [1.165, 1.54) is 12.1 Å². The zero-order valence-electron chi connectivity index (χ0n) is 11.3. The van der Waals surface area contributed by atoms with Gasteiger partial charge in [0.1, 0.15) is 12.4 Å². The van der Waals surface area contributed by atoms with Crippen LogP contribution in [0.15, 0.2) is 24.3 Å². The van der Waals surface area contributed by atoms with Crippen molar-refractivity contribution in [3.05, 3.63) is 29.8 Å². The number of hydrogen-bond donors (Lipinski definition) is 1. The summed E-state index contributed by atoms with van der Waals surface area (Å²) >= 11 is 0. The highest BCUT2D eigenvalue weighted by Gasteiger charge is 2.30. The topological polar surface area (TPSA) is 21.3 Å². The maximum absolute atomic E-state index is 12.5. The molecule has 1 aromatic rings. The Hall–Kier alpha value is -1.23. The molecule has 0 atom stereocenters. The Balaban J connectivity index is 2.30. The third kappa shape index (κ3) is 6.47. The lowest BCUT2D eigenvalue weighted by Crippen LogP contribution is -2.23. The summed E-state index contributed by atoms with van der Waals surface area (Å²) in [6.45, 7) is 6.16. The molecule has 0 radical (unpaired) electrons. The van der Waals surface area contributed by atoms with Crippen LogP contribution in [0, 0.1) is 5.92 Å². The molecule has 0 spiro atoms.